The summed E-state index contributed by atoms with van der Waals surface area (Å²) in [6.07, 6.45) is 1.48. The number of benzene rings is 1. The largest absolute Gasteiger partial charge is 0.428 e. The Morgan fingerprint density at radius 2 is 2.09 bits per heavy atom. The van der Waals surface area contributed by atoms with Crippen molar-refractivity contribution < 1.29 is 9.60 Å². The molecule has 1 heterocycles. The van der Waals surface area contributed by atoms with E-state index in [2.05, 4.69) is 0 Å². The average Bonchev–Trinajstić information content (AvgIpc) is 2.33. The number of rotatable bonds is 0. The molecule has 56 valence electrons. The number of hydrogen-bond acceptors (Lipinski definition) is 1. The molecular weight excluding hydrogens is 145 g/mol. The van der Waals surface area contributed by atoms with E-state index in [1.165, 1.54) is 18.3 Å². The molecule has 2 rings (SSSR count). The fraction of sp³-hybridized carbons (Fsp3) is 0. The van der Waals surface area contributed by atoms with Crippen LogP contribution in [0.4, 0.5) is 4.39 Å². The predicted molar refractivity (Wildman–Crippen MR) is 39.1 cm³/mol. The summed E-state index contributed by atoms with van der Waals surface area (Å²) in [5.41, 5.74) is 0.491. The average molecular weight is 151 g/mol. The molecule has 0 aliphatic heterocycles. The van der Waals surface area contributed by atoms with Crippen molar-refractivity contribution in [1.29, 1.82) is 0 Å². The maximum Gasteiger partial charge on any atom is 0.125 e. The lowest BCUT2D eigenvalue weighted by atomic mass is 10.2. The SMILES string of the molecule is On1ccc2ccc(F)cc21. The van der Waals surface area contributed by atoms with E-state index in [0.29, 0.717) is 5.52 Å². The summed E-state index contributed by atoms with van der Waals surface area (Å²) in [5, 5.41) is 9.91. The molecule has 0 fully saturated rings. The van der Waals surface area contributed by atoms with E-state index in [9.17, 15) is 4.39 Å². The van der Waals surface area contributed by atoms with Gasteiger partial charge in [0.05, 0.1) is 5.52 Å². The Balaban J connectivity index is 2.87. The summed E-state index contributed by atoms with van der Waals surface area (Å²) in [4.78, 5) is 0. The highest BCUT2D eigenvalue weighted by molar-refractivity contribution is 5.79. The molecule has 1 aromatic carbocycles. The van der Waals surface area contributed by atoms with Gasteiger partial charge in [-0.15, -0.1) is 0 Å². The Labute approximate surface area is 62.4 Å². The van der Waals surface area contributed by atoms with Gasteiger partial charge in [0, 0.05) is 17.6 Å². The third-order valence-electron chi connectivity index (χ3n) is 1.63. The molecule has 0 saturated heterocycles. The van der Waals surface area contributed by atoms with E-state index in [4.69, 9.17) is 5.21 Å². The molecule has 1 N–H and O–H groups in total. The molecule has 11 heavy (non-hydrogen) atoms. The van der Waals surface area contributed by atoms with Crippen LogP contribution in [0.2, 0.25) is 0 Å². The van der Waals surface area contributed by atoms with Gasteiger partial charge in [0.1, 0.15) is 5.82 Å². The molecule has 2 nitrogen and oxygen atoms in total. The van der Waals surface area contributed by atoms with Gasteiger partial charge in [0.2, 0.25) is 0 Å². The van der Waals surface area contributed by atoms with Gasteiger partial charge in [-0.1, -0.05) is 0 Å². The van der Waals surface area contributed by atoms with Gasteiger partial charge in [-0.3, -0.25) is 0 Å². The second kappa shape index (κ2) is 1.99. The lowest BCUT2D eigenvalue weighted by Gasteiger charge is -1.93. The van der Waals surface area contributed by atoms with Crippen LogP contribution in [0.5, 0.6) is 0 Å². The zero-order chi connectivity index (χ0) is 7.84. The topological polar surface area (TPSA) is 25.2 Å². The maximum absolute atomic E-state index is 12.6. The summed E-state index contributed by atoms with van der Waals surface area (Å²) in [7, 11) is 0. The van der Waals surface area contributed by atoms with Crippen molar-refractivity contribution in [2.24, 2.45) is 0 Å². The van der Waals surface area contributed by atoms with Gasteiger partial charge < -0.3 is 5.21 Å². The Morgan fingerprint density at radius 3 is 2.91 bits per heavy atom. The van der Waals surface area contributed by atoms with Gasteiger partial charge in [0.25, 0.3) is 0 Å². The van der Waals surface area contributed by atoms with Crippen LogP contribution in [-0.4, -0.2) is 9.94 Å². The number of nitrogens with zero attached hydrogens (tertiary/aromatic N) is 1. The van der Waals surface area contributed by atoms with E-state index in [1.54, 1.807) is 12.1 Å². The summed E-state index contributed by atoms with van der Waals surface area (Å²) in [5.74, 6) is -0.341. The Hall–Kier alpha value is -1.51. The van der Waals surface area contributed by atoms with E-state index in [-0.39, 0.29) is 5.82 Å². The fourth-order valence-electron chi connectivity index (χ4n) is 1.09. The quantitative estimate of drug-likeness (QED) is 0.572. The molecule has 0 unspecified atom stereocenters. The molecule has 1 aromatic heterocycles. The highest BCUT2D eigenvalue weighted by atomic mass is 19.1. The highest BCUT2D eigenvalue weighted by Gasteiger charge is 1.99. The van der Waals surface area contributed by atoms with Gasteiger partial charge in [-0.2, -0.15) is 4.73 Å². The minimum Gasteiger partial charge on any atom is -0.428 e. The van der Waals surface area contributed by atoms with Crippen LogP contribution in [-0.2, 0) is 0 Å². The zero-order valence-corrected chi connectivity index (χ0v) is 5.66. The van der Waals surface area contributed by atoms with Crippen LogP contribution in [0.15, 0.2) is 30.5 Å². The number of hydrogen-bond donors (Lipinski definition) is 1. The lowest BCUT2D eigenvalue weighted by molar-refractivity contribution is 0.200. The van der Waals surface area contributed by atoms with Crippen LogP contribution < -0.4 is 0 Å². The first kappa shape index (κ1) is 6.22. The molecule has 0 amide bonds. The molecule has 0 bridgehead atoms. The number of halogens is 1. The van der Waals surface area contributed by atoms with Crippen molar-refractivity contribution >= 4 is 10.9 Å². The third kappa shape index (κ3) is 0.852. The molecule has 0 saturated carbocycles. The fourth-order valence-corrected chi connectivity index (χ4v) is 1.09. The molecule has 2 aromatic rings. The van der Waals surface area contributed by atoms with Crippen molar-refractivity contribution in [3.05, 3.63) is 36.3 Å². The predicted octanol–water partition coefficient (Wildman–Crippen LogP) is 2.02. The molecule has 0 aliphatic carbocycles. The van der Waals surface area contributed by atoms with E-state index >= 15 is 0 Å². The summed E-state index contributed by atoms with van der Waals surface area (Å²) in [6, 6.07) is 5.99. The minimum atomic E-state index is -0.341. The zero-order valence-electron chi connectivity index (χ0n) is 5.66. The first-order valence-corrected chi connectivity index (χ1v) is 3.23. The van der Waals surface area contributed by atoms with Crippen molar-refractivity contribution in [3.8, 4) is 0 Å². The number of fused-ring (bicyclic) bond motifs is 1. The van der Waals surface area contributed by atoms with Gasteiger partial charge in [-0.25, -0.2) is 4.39 Å². The molecule has 0 spiro atoms. The van der Waals surface area contributed by atoms with Crippen molar-refractivity contribution in [2.75, 3.05) is 0 Å². The molecule has 3 heteroatoms. The molecular formula is C8H6FNO. The first-order valence-electron chi connectivity index (χ1n) is 3.23. The maximum atomic E-state index is 12.6. The standard InChI is InChI=1S/C8H6FNO/c9-7-2-1-6-3-4-10(11)8(6)5-7/h1-5,11H. The van der Waals surface area contributed by atoms with Crippen LogP contribution in [0.25, 0.3) is 10.9 Å². The number of aromatic nitrogens is 1. The normalized spacial score (nSPS) is 10.6. The Bertz CT molecular complexity index is 394. The third-order valence-corrected chi connectivity index (χ3v) is 1.63. The van der Waals surface area contributed by atoms with Crippen LogP contribution >= 0.6 is 0 Å². The summed E-state index contributed by atoms with van der Waals surface area (Å²) < 4.78 is 13.5. The molecule has 0 radical (unpaired) electrons. The summed E-state index contributed by atoms with van der Waals surface area (Å²) >= 11 is 0. The second-order valence-corrected chi connectivity index (χ2v) is 2.36. The second-order valence-electron chi connectivity index (χ2n) is 2.36. The lowest BCUT2D eigenvalue weighted by Crippen LogP contribution is -1.85. The summed E-state index contributed by atoms with van der Waals surface area (Å²) in [6.45, 7) is 0. The van der Waals surface area contributed by atoms with Crippen LogP contribution in [0, 0.1) is 5.82 Å². The molecule has 0 atom stereocenters. The van der Waals surface area contributed by atoms with Gasteiger partial charge in [0.15, 0.2) is 0 Å². The minimum absolute atomic E-state index is 0.341. The van der Waals surface area contributed by atoms with Crippen LogP contribution in [0.3, 0.4) is 0 Å². The van der Waals surface area contributed by atoms with Crippen molar-refractivity contribution in [1.82, 2.24) is 4.73 Å². The Kier molecular flexibility index (Phi) is 1.12. The first-order chi connectivity index (χ1) is 5.27. The van der Waals surface area contributed by atoms with Gasteiger partial charge >= 0.3 is 0 Å². The van der Waals surface area contributed by atoms with Crippen molar-refractivity contribution in [2.45, 2.75) is 0 Å². The highest BCUT2D eigenvalue weighted by Crippen LogP contribution is 2.14. The van der Waals surface area contributed by atoms with E-state index in [0.717, 1.165) is 10.1 Å². The van der Waals surface area contributed by atoms with Crippen molar-refractivity contribution in [3.63, 3.8) is 0 Å². The van der Waals surface area contributed by atoms with E-state index in [1.807, 2.05) is 0 Å². The molecule has 0 aliphatic rings. The van der Waals surface area contributed by atoms with E-state index < -0.39 is 0 Å². The van der Waals surface area contributed by atoms with Gasteiger partial charge in [-0.05, 0) is 18.2 Å². The van der Waals surface area contributed by atoms with Crippen LogP contribution in [0.1, 0.15) is 0 Å². The monoisotopic (exact) mass is 151 g/mol. The Morgan fingerprint density at radius 1 is 1.27 bits per heavy atom. The smallest absolute Gasteiger partial charge is 0.125 e.